The summed E-state index contributed by atoms with van der Waals surface area (Å²) in [7, 11) is 0. The van der Waals surface area contributed by atoms with Gasteiger partial charge < -0.3 is 8.98 Å². The molecule has 2 aromatic heterocycles. The molecule has 0 amide bonds. The summed E-state index contributed by atoms with van der Waals surface area (Å²) in [5.41, 5.74) is 1.04. The molecule has 0 radical (unpaired) electrons. The number of nitrogens with zero attached hydrogens (tertiary/aromatic N) is 2. The Morgan fingerprint density at radius 2 is 2.43 bits per heavy atom. The largest absolute Gasteiger partial charge is 0.469 e. The van der Waals surface area contributed by atoms with Gasteiger partial charge in [-0.05, 0) is 12.1 Å². The van der Waals surface area contributed by atoms with Crippen LogP contribution in [0.15, 0.2) is 35.3 Å². The minimum absolute atomic E-state index is 0.498. The number of halogens is 1. The van der Waals surface area contributed by atoms with Crippen LogP contribution in [-0.2, 0) is 18.8 Å². The molecule has 0 spiro atoms. The molecule has 0 aliphatic carbocycles. The second kappa shape index (κ2) is 4.33. The molecule has 2 rings (SSSR count). The molecule has 0 saturated carbocycles. The standard InChI is InChI=1S/C10H11ClN2O/c11-6-9-7-12-8-13(9)4-3-10-2-1-5-14-10/h1-2,5,7-8H,3-4,6H2. The van der Waals surface area contributed by atoms with E-state index in [4.69, 9.17) is 16.0 Å². The smallest absolute Gasteiger partial charge is 0.105 e. The van der Waals surface area contributed by atoms with Crippen LogP contribution in [0.5, 0.6) is 0 Å². The molecular formula is C10H11ClN2O. The second-order valence-corrected chi connectivity index (χ2v) is 3.31. The third-order valence-electron chi connectivity index (χ3n) is 2.11. The maximum Gasteiger partial charge on any atom is 0.105 e. The highest BCUT2D eigenvalue weighted by molar-refractivity contribution is 6.16. The normalized spacial score (nSPS) is 10.6. The van der Waals surface area contributed by atoms with Crippen LogP contribution in [-0.4, -0.2) is 9.55 Å². The summed E-state index contributed by atoms with van der Waals surface area (Å²) in [6, 6.07) is 3.86. The van der Waals surface area contributed by atoms with E-state index in [-0.39, 0.29) is 0 Å². The Labute approximate surface area is 87.3 Å². The summed E-state index contributed by atoms with van der Waals surface area (Å²) < 4.78 is 7.28. The van der Waals surface area contributed by atoms with E-state index in [1.54, 1.807) is 18.8 Å². The van der Waals surface area contributed by atoms with Gasteiger partial charge in [-0.3, -0.25) is 0 Å². The minimum atomic E-state index is 0.498. The van der Waals surface area contributed by atoms with Gasteiger partial charge in [0.1, 0.15) is 5.76 Å². The molecule has 3 nitrogen and oxygen atoms in total. The maximum atomic E-state index is 5.75. The van der Waals surface area contributed by atoms with Crippen molar-refractivity contribution in [3.05, 3.63) is 42.4 Å². The number of furan rings is 1. The van der Waals surface area contributed by atoms with E-state index in [0.29, 0.717) is 5.88 Å². The average Bonchev–Trinajstić information content (AvgIpc) is 2.85. The van der Waals surface area contributed by atoms with Gasteiger partial charge in [0.15, 0.2) is 0 Å². The molecule has 4 heteroatoms. The summed E-state index contributed by atoms with van der Waals surface area (Å²) in [5, 5.41) is 0. The Balaban J connectivity index is 1.98. The number of hydrogen-bond donors (Lipinski definition) is 0. The van der Waals surface area contributed by atoms with Crippen molar-refractivity contribution in [2.24, 2.45) is 0 Å². The van der Waals surface area contributed by atoms with Gasteiger partial charge in [-0.15, -0.1) is 11.6 Å². The van der Waals surface area contributed by atoms with Gasteiger partial charge in [0.2, 0.25) is 0 Å². The topological polar surface area (TPSA) is 31.0 Å². The first kappa shape index (κ1) is 9.34. The Morgan fingerprint density at radius 1 is 1.50 bits per heavy atom. The Hall–Kier alpha value is -1.22. The Bertz CT molecular complexity index is 380. The first-order chi connectivity index (χ1) is 6.90. The molecule has 14 heavy (non-hydrogen) atoms. The van der Waals surface area contributed by atoms with Crippen molar-refractivity contribution in [1.82, 2.24) is 9.55 Å². The molecule has 0 aromatic carbocycles. The van der Waals surface area contributed by atoms with Crippen molar-refractivity contribution in [2.45, 2.75) is 18.8 Å². The molecule has 0 atom stereocenters. The van der Waals surface area contributed by atoms with Gasteiger partial charge in [0.05, 0.1) is 24.2 Å². The molecule has 74 valence electrons. The van der Waals surface area contributed by atoms with Crippen LogP contribution in [0.3, 0.4) is 0 Å². The SMILES string of the molecule is ClCc1cncn1CCc1ccco1. The van der Waals surface area contributed by atoms with Gasteiger partial charge in [0.25, 0.3) is 0 Å². The van der Waals surface area contributed by atoms with Crippen molar-refractivity contribution in [3.63, 3.8) is 0 Å². The fraction of sp³-hybridized carbons (Fsp3) is 0.300. The van der Waals surface area contributed by atoms with Crippen molar-refractivity contribution >= 4 is 11.6 Å². The fourth-order valence-corrected chi connectivity index (χ4v) is 1.57. The Kier molecular flexibility index (Phi) is 2.89. The number of imidazole rings is 1. The molecule has 2 heterocycles. The van der Waals surface area contributed by atoms with Gasteiger partial charge in [-0.1, -0.05) is 0 Å². The van der Waals surface area contributed by atoms with Crippen molar-refractivity contribution < 1.29 is 4.42 Å². The number of rotatable bonds is 4. The zero-order valence-electron chi connectivity index (χ0n) is 7.69. The lowest BCUT2D eigenvalue weighted by Crippen LogP contribution is -2.02. The molecule has 0 unspecified atom stereocenters. The number of alkyl halides is 1. The molecule has 2 aromatic rings. The Morgan fingerprint density at radius 3 is 3.14 bits per heavy atom. The number of aryl methyl sites for hydroxylation is 2. The quantitative estimate of drug-likeness (QED) is 0.726. The van der Waals surface area contributed by atoms with Gasteiger partial charge in [0, 0.05) is 19.2 Å². The van der Waals surface area contributed by atoms with E-state index in [2.05, 4.69) is 4.98 Å². The minimum Gasteiger partial charge on any atom is -0.469 e. The molecular weight excluding hydrogens is 200 g/mol. The molecule has 0 saturated heterocycles. The molecule has 0 aliphatic heterocycles. The van der Waals surface area contributed by atoms with Crippen LogP contribution in [0.2, 0.25) is 0 Å². The third kappa shape index (κ3) is 1.99. The predicted octanol–water partition coefficient (Wildman–Crippen LogP) is 2.46. The summed E-state index contributed by atoms with van der Waals surface area (Å²) in [4.78, 5) is 4.04. The number of aromatic nitrogens is 2. The lowest BCUT2D eigenvalue weighted by Gasteiger charge is -2.03. The van der Waals surface area contributed by atoms with Crippen LogP contribution < -0.4 is 0 Å². The fourth-order valence-electron chi connectivity index (χ4n) is 1.35. The number of hydrogen-bond acceptors (Lipinski definition) is 2. The molecule has 0 bridgehead atoms. The highest BCUT2D eigenvalue weighted by Gasteiger charge is 2.01. The van der Waals surface area contributed by atoms with Gasteiger partial charge >= 0.3 is 0 Å². The van der Waals surface area contributed by atoms with Crippen LogP contribution >= 0.6 is 11.6 Å². The first-order valence-corrected chi connectivity index (χ1v) is 5.01. The predicted molar refractivity (Wildman–Crippen MR) is 54.2 cm³/mol. The summed E-state index contributed by atoms with van der Waals surface area (Å²) in [6.07, 6.45) is 6.13. The maximum absolute atomic E-state index is 5.75. The van der Waals surface area contributed by atoms with Crippen LogP contribution in [0.1, 0.15) is 11.5 Å². The summed E-state index contributed by atoms with van der Waals surface area (Å²) >= 11 is 5.75. The van der Waals surface area contributed by atoms with E-state index >= 15 is 0 Å². The first-order valence-electron chi connectivity index (χ1n) is 4.47. The van der Waals surface area contributed by atoms with E-state index in [0.717, 1.165) is 24.4 Å². The molecule has 0 aliphatic rings. The highest BCUT2D eigenvalue weighted by atomic mass is 35.5. The van der Waals surface area contributed by atoms with Crippen molar-refractivity contribution in [2.75, 3.05) is 0 Å². The van der Waals surface area contributed by atoms with Gasteiger partial charge in [-0.2, -0.15) is 0 Å². The summed E-state index contributed by atoms with van der Waals surface area (Å²) in [6.45, 7) is 0.857. The average molecular weight is 211 g/mol. The van der Waals surface area contributed by atoms with E-state index in [1.165, 1.54) is 0 Å². The van der Waals surface area contributed by atoms with Gasteiger partial charge in [-0.25, -0.2) is 4.98 Å². The second-order valence-electron chi connectivity index (χ2n) is 3.04. The van der Waals surface area contributed by atoms with E-state index < -0.39 is 0 Å². The van der Waals surface area contributed by atoms with Crippen LogP contribution in [0.25, 0.3) is 0 Å². The van der Waals surface area contributed by atoms with Crippen molar-refractivity contribution in [1.29, 1.82) is 0 Å². The lowest BCUT2D eigenvalue weighted by molar-refractivity contribution is 0.489. The van der Waals surface area contributed by atoms with E-state index in [1.807, 2.05) is 16.7 Å². The molecule has 0 fully saturated rings. The van der Waals surface area contributed by atoms with Crippen molar-refractivity contribution in [3.8, 4) is 0 Å². The zero-order chi connectivity index (χ0) is 9.80. The molecule has 0 N–H and O–H groups in total. The summed E-state index contributed by atoms with van der Waals surface area (Å²) in [5.74, 6) is 1.48. The monoisotopic (exact) mass is 210 g/mol. The lowest BCUT2D eigenvalue weighted by atomic mass is 10.3. The third-order valence-corrected chi connectivity index (χ3v) is 2.39. The van der Waals surface area contributed by atoms with Crippen LogP contribution in [0, 0.1) is 0 Å². The van der Waals surface area contributed by atoms with E-state index in [9.17, 15) is 0 Å². The zero-order valence-corrected chi connectivity index (χ0v) is 8.44. The highest BCUT2D eigenvalue weighted by Crippen LogP contribution is 2.07. The van der Waals surface area contributed by atoms with Crippen LogP contribution in [0.4, 0.5) is 0 Å².